The van der Waals surface area contributed by atoms with Crippen molar-refractivity contribution in [2.24, 2.45) is 5.92 Å². The van der Waals surface area contributed by atoms with Crippen molar-refractivity contribution in [1.82, 2.24) is 9.80 Å². The molecule has 53 heavy (non-hydrogen) atoms. The van der Waals surface area contributed by atoms with Gasteiger partial charge in [0.25, 0.3) is 0 Å². The maximum Gasteiger partial charge on any atom is 0.415 e. The molecule has 5 rings (SSSR count). The molecule has 3 aromatic carbocycles. The second-order valence-electron chi connectivity index (χ2n) is 16.2. The van der Waals surface area contributed by atoms with Crippen LogP contribution in [-0.4, -0.2) is 72.8 Å². The predicted octanol–water partition coefficient (Wildman–Crippen LogP) is 8.79. The second-order valence-corrected chi connectivity index (χ2v) is 20.7. The molecule has 0 aliphatic carbocycles. The van der Waals surface area contributed by atoms with Gasteiger partial charge in [-0.25, -0.2) is 22.8 Å². The Balaban J connectivity index is 1.34. The van der Waals surface area contributed by atoms with Crippen molar-refractivity contribution >= 4 is 32.1 Å². The summed E-state index contributed by atoms with van der Waals surface area (Å²) < 4.78 is 54.8. The molecule has 0 saturated carbocycles. The molecule has 3 amide bonds. The Kier molecular flexibility index (Phi) is 11.7. The lowest BCUT2D eigenvalue weighted by molar-refractivity contribution is -0.130. The summed E-state index contributed by atoms with van der Waals surface area (Å²) in [5.41, 5.74) is 0.879. The number of piperazine rings is 1. The van der Waals surface area contributed by atoms with Gasteiger partial charge in [-0.05, 0) is 112 Å². The van der Waals surface area contributed by atoms with Crippen molar-refractivity contribution in [2.45, 2.75) is 89.6 Å². The van der Waals surface area contributed by atoms with Crippen molar-refractivity contribution < 1.29 is 41.8 Å². The van der Waals surface area contributed by atoms with Crippen LogP contribution in [0.15, 0.2) is 66.7 Å². The summed E-state index contributed by atoms with van der Waals surface area (Å²) in [6.45, 7) is 14.1. The van der Waals surface area contributed by atoms with E-state index in [0.29, 0.717) is 24.9 Å². The first-order chi connectivity index (χ1) is 24.7. The van der Waals surface area contributed by atoms with E-state index in [4.69, 9.17) is 9.47 Å². The molecule has 3 aromatic rings. The van der Waals surface area contributed by atoms with E-state index in [1.165, 1.54) is 63.2 Å². The molecule has 2 aliphatic heterocycles. The molecule has 0 aromatic heterocycles. The van der Waals surface area contributed by atoms with Crippen molar-refractivity contribution in [2.75, 3.05) is 31.1 Å². The average Bonchev–Trinajstić information content (AvgIpc) is 3.07. The highest BCUT2D eigenvalue weighted by Crippen LogP contribution is 2.50. The fraction of sp³-hybridized carbons (Fsp3) is 0.475. The topological polar surface area (TPSA) is 99.6 Å². The monoisotopic (exact) mass is 753 g/mol. The van der Waals surface area contributed by atoms with Crippen molar-refractivity contribution in [3.63, 3.8) is 0 Å². The summed E-state index contributed by atoms with van der Waals surface area (Å²) in [4.78, 5) is 54.7. The smallest absolute Gasteiger partial charge is 0.415 e. The third kappa shape index (κ3) is 9.42. The van der Waals surface area contributed by atoms with Crippen LogP contribution >= 0.6 is 0 Å². The zero-order chi connectivity index (χ0) is 38.9. The molecule has 2 heterocycles. The lowest BCUT2D eigenvalue weighted by Gasteiger charge is -2.48. The first-order valence-corrected chi connectivity index (χ1v) is 21.0. The van der Waals surface area contributed by atoms with E-state index in [2.05, 4.69) is 0 Å². The van der Waals surface area contributed by atoms with Crippen LogP contribution in [0.25, 0.3) is 0 Å². The summed E-state index contributed by atoms with van der Waals surface area (Å²) >= 11 is 0. The summed E-state index contributed by atoms with van der Waals surface area (Å²) in [6.07, 6.45) is 0.345. The van der Waals surface area contributed by atoms with Gasteiger partial charge in [-0.2, -0.15) is 0 Å². The number of nitrogens with zero attached hydrogens (tertiary/aromatic N) is 3. The molecule has 0 unspecified atom stereocenters. The summed E-state index contributed by atoms with van der Waals surface area (Å²) in [6, 6.07) is 15.1. The van der Waals surface area contributed by atoms with Crippen LogP contribution in [0, 0.1) is 23.4 Å². The first-order valence-electron chi connectivity index (χ1n) is 18.0. The average molecular weight is 754 g/mol. The predicted molar refractivity (Wildman–Crippen MR) is 199 cm³/mol. The number of hydrogen-bond acceptors (Lipinski definition) is 6. The van der Waals surface area contributed by atoms with E-state index in [-0.39, 0.29) is 55.1 Å². The quantitative estimate of drug-likeness (QED) is 0.164. The molecule has 0 bridgehead atoms. The molecule has 0 spiro atoms. The van der Waals surface area contributed by atoms with Gasteiger partial charge < -0.3 is 29.0 Å². The highest BCUT2D eigenvalue weighted by molar-refractivity contribution is 6.72. The standard InChI is InChI=1S/C40H50F3N3O6Si/c1-39(2,3)52-38(49)45-22-20-44(21-23-45)37(48)51-31-17-19-32(34(43)24-31)35-33(36(47)46(35)30-15-13-29(42)14-16-30)18-10-27(25-40(4,5)53(6,7)50)26-8-11-28(41)12-9-26/h8-9,11-17,19,24,27,33,35,50H,10,18,20-23,25H2,1-7H3/t27-,33-,35-/m1/s1. The summed E-state index contributed by atoms with van der Waals surface area (Å²) in [5, 5.41) is -0.403. The van der Waals surface area contributed by atoms with Crippen LogP contribution in [0.3, 0.4) is 0 Å². The molecule has 9 nitrogen and oxygen atoms in total. The van der Waals surface area contributed by atoms with Gasteiger partial charge in [-0.1, -0.05) is 32.0 Å². The maximum atomic E-state index is 16.1. The van der Waals surface area contributed by atoms with Crippen LogP contribution in [0.1, 0.15) is 77.0 Å². The molecule has 0 radical (unpaired) electrons. The summed E-state index contributed by atoms with van der Waals surface area (Å²) in [7, 11) is -2.62. The van der Waals surface area contributed by atoms with Crippen LogP contribution in [0.5, 0.6) is 5.75 Å². The Morgan fingerprint density at radius 2 is 1.40 bits per heavy atom. The lowest BCUT2D eigenvalue weighted by atomic mass is 9.75. The van der Waals surface area contributed by atoms with Crippen molar-refractivity contribution in [3.05, 3.63) is 95.3 Å². The van der Waals surface area contributed by atoms with Gasteiger partial charge in [0.05, 0.1) is 12.0 Å². The van der Waals surface area contributed by atoms with Gasteiger partial charge in [0.15, 0.2) is 8.32 Å². The number of rotatable bonds is 10. The second kappa shape index (κ2) is 15.5. The van der Waals surface area contributed by atoms with Crippen LogP contribution in [0.4, 0.5) is 28.4 Å². The van der Waals surface area contributed by atoms with E-state index in [0.717, 1.165) is 11.6 Å². The molecule has 3 atom stereocenters. The Bertz CT molecular complexity index is 1790. The number of hydrogen-bond donors (Lipinski definition) is 1. The highest BCUT2D eigenvalue weighted by atomic mass is 28.4. The van der Waals surface area contributed by atoms with Crippen LogP contribution in [-0.2, 0) is 9.53 Å². The third-order valence-corrected chi connectivity index (χ3v) is 14.1. The SMILES string of the molecule is CC(C)(C)OC(=O)N1CCN(C(=O)Oc2ccc([C@@H]3[C@@H](CC[C@H](CC(C)(C)[Si](C)(C)O)c4ccc(F)cc4)C(=O)N3c3ccc(F)cc3)c(F)c2)CC1. The van der Waals surface area contributed by atoms with Crippen molar-refractivity contribution in [1.29, 1.82) is 0 Å². The number of carbonyl (C=O) groups is 3. The number of anilines is 1. The molecule has 2 saturated heterocycles. The van der Waals surface area contributed by atoms with E-state index in [1.807, 2.05) is 26.9 Å². The van der Waals surface area contributed by atoms with Gasteiger partial charge in [0, 0.05) is 43.5 Å². The van der Waals surface area contributed by atoms with Gasteiger partial charge in [0.1, 0.15) is 28.8 Å². The Labute approximate surface area is 310 Å². The van der Waals surface area contributed by atoms with E-state index >= 15 is 4.39 Å². The minimum Gasteiger partial charge on any atom is -0.444 e. The normalized spacial score (nSPS) is 18.8. The summed E-state index contributed by atoms with van der Waals surface area (Å²) in [5.74, 6) is -2.52. The van der Waals surface area contributed by atoms with E-state index in [1.54, 1.807) is 32.9 Å². The molecule has 2 aliphatic rings. The highest BCUT2D eigenvalue weighted by Gasteiger charge is 2.50. The minimum absolute atomic E-state index is 0.0178. The Hall–Kier alpha value is -4.36. The fourth-order valence-corrected chi connectivity index (χ4v) is 7.56. The largest absolute Gasteiger partial charge is 0.444 e. The molecule has 286 valence electrons. The number of benzene rings is 3. The molecular weight excluding hydrogens is 704 g/mol. The number of carbonyl (C=O) groups excluding carboxylic acids is 3. The van der Waals surface area contributed by atoms with E-state index < -0.39 is 54.7 Å². The molecule has 2 fully saturated rings. The number of amides is 3. The zero-order valence-corrected chi connectivity index (χ0v) is 32.5. The van der Waals surface area contributed by atoms with Crippen molar-refractivity contribution in [3.8, 4) is 5.75 Å². The van der Waals surface area contributed by atoms with Gasteiger partial charge in [-0.15, -0.1) is 0 Å². The van der Waals surface area contributed by atoms with Gasteiger partial charge >= 0.3 is 12.2 Å². The third-order valence-electron chi connectivity index (χ3n) is 10.6. The first kappa shape index (κ1) is 39.8. The number of β-lactam (4-membered cyclic amide) rings is 1. The van der Waals surface area contributed by atoms with Gasteiger partial charge in [-0.3, -0.25) is 4.79 Å². The van der Waals surface area contributed by atoms with Crippen LogP contribution in [0.2, 0.25) is 18.1 Å². The maximum absolute atomic E-state index is 16.1. The molecular formula is C40H50F3N3O6Si. The Morgan fingerprint density at radius 1 is 0.849 bits per heavy atom. The van der Waals surface area contributed by atoms with Crippen LogP contribution < -0.4 is 9.64 Å². The van der Waals surface area contributed by atoms with E-state index in [9.17, 15) is 28.0 Å². The minimum atomic E-state index is -2.62. The Morgan fingerprint density at radius 3 is 1.92 bits per heavy atom. The number of halogens is 3. The number of ether oxygens (including phenoxy) is 2. The van der Waals surface area contributed by atoms with Gasteiger partial charge in [0.2, 0.25) is 5.91 Å². The lowest BCUT2D eigenvalue weighted by Crippen LogP contribution is -2.55. The molecule has 1 N–H and O–H groups in total. The zero-order valence-electron chi connectivity index (χ0n) is 31.5. The molecule has 13 heteroatoms. The fourth-order valence-electron chi connectivity index (χ4n) is 6.82.